The number of hydrogen-bond donors (Lipinski definition) is 0. The lowest BCUT2D eigenvalue weighted by Crippen LogP contribution is -2.25. The molecule has 0 bridgehead atoms. The molecule has 0 aliphatic heterocycles. The molecule has 2 aromatic rings. The zero-order chi connectivity index (χ0) is 19.5. The van der Waals surface area contributed by atoms with Crippen molar-refractivity contribution < 1.29 is 31.1 Å². The molecule has 2 aromatic carbocycles. The van der Waals surface area contributed by atoms with Gasteiger partial charge in [0.15, 0.2) is 0 Å². The molecule has 3 nitrogen and oxygen atoms in total. The SMILES string of the molecule is N#CCC(=O)N(c1ccc(C(F)(F)F)cc1)c1ccc(C(F)(F)F)cc1. The highest BCUT2D eigenvalue weighted by atomic mass is 19.4. The smallest absolute Gasteiger partial charge is 0.280 e. The number of carbonyl (C=O) groups excluding carboxylic acids is 1. The maximum atomic E-state index is 12.6. The number of hydrogen-bond acceptors (Lipinski definition) is 2. The van der Waals surface area contributed by atoms with E-state index < -0.39 is 35.8 Å². The average Bonchev–Trinajstić information content (AvgIpc) is 2.55. The average molecular weight is 372 g/mol. The number of carbonyl (C=O) groups is 1. The molecule has 0 atom stereocenters. The van der Waals surface area contributed by atoms with E-state index in [1.807, 2.05) is 0 Å². The van der Waals surface area contributed by atoms with Crippen molar-refractivity contribution in [3.05, 3.63) is 59.7 Å². The number of benzene rings is 2. The van der Waals surface area contributed by atoms with Crippen LogP contribution in [0.5, 0.6) is 0 Å². The van der Waals surface area contributed by atoms with E-state index >= 15 is 0 Å². The van der Waals surface area contributed by atoms with E-state index in [1.165, 1.54) is 0 Å². The molecule has 0 unspecified atom stereocenters. The van der Waals surface area contributed by atoms with Crippen LogP contribution in [0.25, 0.3) is 0 Å². The minimum absolute atomic E-state index is 0.00184. The first-order valence-corrected chi connectivity index (χ1v) is 7.08. The summed E-state index contributed by atoms with van der Waals surface area (Å²) in [4.78, 5) is 13.1. The quantitative estimate of drug-likeness (QED) is 0.686. The lowest BCUT2D eigenvalue weighted by molar-refractivity contribution is -0.138. The zero-order valence-corrected chi connectivity index (χ0v) is 12.9. The van der Waals surface area contributed by atoms with E-state index in [0.29, 0.717) is 0 Å². The van der Waals surface area contributed by atoms with Gasteiger partial charge in [0.1, 0.15) is 6.42 Å². The lowest BCUT2D eigenvalue weighted by Gasteiger charge is -2.23. The van der Waals surface area contributed by atoms with Crippen LogP contribution in [0.2, 0.25) is 0 Å². The fraction of sp³-hybridized carbons (Fsp3) is 0.176. The van der Waals surface area contributed by atoms with Crippen molar-refractivity contribution in [2.24, 2.45) is 0 Å². The standard InChI is InChI=1S/C17H10F6N2O/c18-16(19,20)11-1-5-13(6-2-11)25(15(26)9-10-24)14-7-3-12(4-8-14)17(21,22)23/h1-8H,9H2. The minimum atomic E-state index is -4.58. The molecule has 0 fully saturated rings. The second-order valence-electron chi connectivity index (χ2n) is 5.15. The summed E-state index contributed by atoms with van der Waals surface area (Å²) >= 11 is 0. The van der Waals surface area contributed by atoms with E-state index in [9.17, 15) is 31.1 Å². The number of anilines is 2. The Labute approximate surface area is 144 Å². The molecule has 0 aliphatic carbocycles. The minimum Gasteiger partial charge on any atom is -0.280 e. The highest BCUT2D eigenvalue weighted by molar-refractivity contribution is 6.01. The lowest BCUT2D eigenvalue weighted by atomic mass is 10.1. The normalized spacial score (nSPS) is 11.7. The Morgan fingerprint density at radius 1 is 0.808 bits per heavy atom. The summed E-state index contributed by atoms with van der Waals surface area (Å²) in [5.41, 5.74) is -1.89. The fourth-order valence-electron chi connectivity index (χ4n) is 2.18. The van der Waals surface area contributed by atoms with Crippen LogP contribution in [0.1, 0.15) is 17.5 Å². The summed E-state index contributed by atoms with van der Waals surface area (Å²) in [6.07, 6.45) is -9.75. The van der Waals surface area contributed by atoms with Gasteiger partial charge in [0.05, 0.1) is 17.2 Å². The molecule has 0 N–H and O–H groups in total. The summed E-state index contributed by atoms with van der Waals surface area (Å²) in [5.74, 6) is -0.785. The van der Waals surface area contributed by atoms with Crippen LogP contribution in [0.3, 0.4) is 0 Å². The fourth-order valence-corrected chi connectivity index (χ4v) is 2.18. The third kappa shape index (κ3) is 4.33. The monoisotopic (exact) mass is 372 g/mol. The van der Waals surface area contributed by atoms with E-state index in [2.05, 4.69) is 0 Å². The molecule has 0 saturated carbocycles. The van der Waals surface area contributed by atoms with Gasteiger partial charge >= 0.3 is 12.4 Å². The van der Waals surface area contributed by atoms with E-state index in [4.69, 9.17) is 5.26 Å². The molecule has 0 heterocycles. The molecule has 26 heavy (non-hydrogen) atoms. The van der Waals surface area contributed by atoms with Crippen molar-refractivity contribution >= 4 is 17.3 Å². The highest BCUT2D eigenvalue weighted by Crippen LogP contribution is 2.34. The van der Waals surface area contributed by atoms with Gasteiger partial charge in [0, 0.05) is 11.4 Å². The van der Waals surface area contributed by atoms with Gasteiger partial charge in [-0.3, -0.25) is 9.69 Å². The van der Waals surface area contributed by atoms with Crippen LogP contribution in [0.4, 0.5) is 37.7 Å². The van der Waals surface area contributed by atoms with Gasteiger partial charge in [-0.2, -0.15) is 31.6 Å². The molecule has 0 aromatic heterocycles. The Morgan fingerprint density at radius 3 is 1.42 bits per heavy atom. The number of alkyl halides is 6. The Morgan fingerprint density at radius 2 is 1.15 bits per heavy atom. The Hall–Kier alpha value is -3.02. The second-order valence-corrected chi connectivity index (χ2v) is 5.15. The van der Waals surface area contributed by atoms with Crippen LogP contribution < -0.4 is 4.90 Å². The first kappa shape index (κ1) is 19.3. The maximum Gasteiger partial charge on any atom is 0.416 e. The Kier molecular flexibility index (Phi) is 5.25. The van der Waals surface area contributed by atoms with E-state index in [1.54, 1.807) is 6.07 Å². The number of nitrogens with zero attached hydrogens (tertiary/aromatic N) is 2. The van der Waals surface area contributed by atoms with Gasteiger partial charge in [0.25, 0.3) is 0 Å². The van der Waals surface area contributed by atoms with Gasteiger partial charge in [0.2, 0.25) is 5.91 Å². The van der Waals surface area contributed by atoms with E-state index in [-0.39, 0.29) is 11.4 Å². The van der Waals surface area contributed by atoms with Crippen LogP contribution in [-0.4, -0.2) is 5.91 Å². The van der Waals surface area contributed by atoms with Crippen molar-refractivity contribution in [1.82, 2.24) is 0 Å². The molecule has 136 valence electrons. The predicted octanol–water partition coefficient (Wildman–Crippen LogP) is 5.30. The summed E-state index contributed by atoms with van der Waals surface area (Å²) in [6, 6.07) is 8.61. The van der Waals surface area contributed by atoms with Gasteiger partial charge < -0.3 is 0 Å². The van der Waals surface area contributed by atoms with Gasteiger partial charge in [-0.05, 0) is 48.5 Å². The molecule has 9 heteroatoms. The number of halogens is 6. The van der Waals surface area contributed by atoms with Crippen LogP contribution >= 0.6 is 0 Å². The van der Waals surface area contributed by atoms with E-state index in [0.717, 1.165) is 53.4 Å². The summed E-state index contributed by atoms with van der Waals surface area (Å²) in [7, 11) is 0. The first-order chi connectivity index (χ1) is 12.0. The van der Waals surface area contributed by atoms with Crippen molar-refractivity contribution in [2.45, 2.75) is 18.8 Å². The summed E-state index contributed by atoms with van der Waals surface area (Å²) < 4.78 is 75.9. The van der Waals surface area contributed by atoms with Crippen LogP contribution in [0, 0.1) is 11.3 Å². The number of amides is 1. The molecule has 0 spiro atoms. The summed E-state index contributed by atoms with van der Waals surface area (Å²) in [6.45, 7) is 0. The van der Waals surface area contributed by atoms with Crippen molar-refractivity contribution in [3.8, 4) is 6.07 Å². The summed E-state index contributed by atoms with van der Waals surface area (Å²) in [5, 5.41) is 8.69. The van der Waals surface area contributed by atoms with Crippen molar-refractivity contribution in [1.29, 1.82) is 5.26 Å². The Bertz CT molecular complexity index is 759. The van der Waals surface area contributed by atoms with Gasteiger partial charge in [-0.15, -0.1) is 0 Å². The maximum absolute atomic E-state index is 12.6. The number of rotatable bonds is 3. The number of nitriles is 1. The molecular formula is C17H10F6N2O. The largest absolute Gasteiger partial charge is 0.416 e. The molecule has 1 amide bonds. The van der Waals surface area contributed by atoms with Crippen LogP contribution in [-0.2, 0) is 17.1 Å². The second kappa shape index (κ2) is 7.07. The van der Waals surface area contributed by atoms with Crippen molar-refractivity contribution in [2.75, 3.05) is 4.90 Å². The van der Waals surface area contributed by atoms with Gasteiger partial charge in [-0.1, -0.05) is 0 Å². The molecule has 0 radical (unpaired) electrons. The third-order valence-corrected chi connectivity index (χ3v) is 3.39. The third-order valence-electron chi connectivity index (χ3n) is 3.39. The molecule has 0 saturated heterocycles. The van der Waals surface area contributed by atoms with Crippen molar-refractivity contribution in [3.63, 3.8) is 0 Å². The predicted molar refractivity (Wildman–Crippen MR) is 80.3 cm³/mol. The van der Waals surface area contributed by atoms with Crippen LogP contribution in [0.15, 0.2) is 48.5 Å². The van der Waals surface area contributed by atoms with Gasteiger partial charge in [-0.25, -0.2) is 0 Å². The topological polar surface area (TPSA) is 44.1 Å². The first-order valence-electron chi connectivity index (χ1n) is 7.08. The zero-order valence-electron chi connectivity index (χ0n) is 12.9. The Balaban J connectivity index is 2.44. The molecule has 0 aliphatic rings. The molecule has 2 rings (SSSR count). The molecular weight excluding hydrogens is 362 g/mol. The highest BCUT2D eigenvalue weighted by Gasteiger charge is 2.32.